The highest BCUT2D eigenvalue weighted by Crippen LogP contribution is 2.44. The number of halogens is 1. The number of amides is 1. The summed E-state index contributed by atoms with van der Waals surface area (Å²) < 4.78 is 14.3. The maximum absolute atomic E-state index is 11.5. The minimum atomic E-state index is -2.08. The first kappa shape index (κ1) is 26.4. The molecular formula is C21H38INO4Si2. The van der Waals surface area contributed by atoms with Crippen LogP contribution in [0.2, 0.25) is 36.3 Å². The first-order chi connectivity index (χ1) is 12.9. The maximum atomic E-state index is 11.5. The lowest BCUT2D eigenvalue weighted by Gasteiger charge is -2.40. The number of rotatable bonds is 7. The van der Waals surface area contributed by atoms with E-state index in [0.29, 0.717) is 6.54 Å². The van der Waals surface area contributed by atoms with Crippen molar-refractivity contribution in [3.8, 4) is 11.5 Å². The van der Waals surface area contributed by atoms with Crippen LogP contribution in [-0.4, -0.2) is 34.3 Å². The fourth-order valence-corrected chi connectivity index (χ4v) is 4.64. The molecule has 0 saturated carbocycles. The van der Waals surface area contributed by atoms with Crippen molar-refractivity contribution in [2.75, 3.05) is 6.61 Å². The number of carbonyl (C=O) groups excluding carboxylic acids is 1. The molecular weight excluding hydrogens is 513 g/mol. The second-order valence-corrected chi connectivity index (χ2v) is 21.2. The number of carbonyl (C=O) groups is 1. The fraction of sp³-hybridized carbons (Fsp3) is 0.667. The molecule has 8 heteroatoms. The van der Waals surface area contributed by atoms with Crippen molar-refractivity contribution in [2.45, 2.75) is 84.4 Å². The molecule has 0 heterocycles. The van der Waals surface area contributed by atoms with Crippen LogP contribution in [0.5, 0.6) is 11.5 Å². The zero-order chi connectivity index (χ0) is 22.8. The van der Waals surface area contributed by atoms with E-state index < -0.39 is 29.1 Å². The number of benzene rings is 1. The van der Waals surface area contributed by atoms with Crippen LogP contribution in [0.25, 0.3) is 0 Å². The summed E-state index contributed by atoms with van der Waals surface area (Å²) in [5.41, 5.74) is 0.948. The van der Waals surface area contributed by atoms with E-state index in [9.17, 15) is 4.79 Å². The van der Waals surface area contributed by atoms with E-state index in [0.717, 1.165) is 20.6 Å². The van der Waals surface area contributed by atoms with Crippen LogP contribution in [0.1, 0.15) is 47.1 Å². The van der Waals surface area contributed by atoms with Gasteiger partial charge in [0.05, 0.1) is 0 Å². The van der Waals surface area contributed by atoms with Crippen molar-refractivity contribution in [1.82, 2.24) is 5.32 Å². The van der Waals surface area contributed by atoms with E-state index in [2.05, 4.69) is 95.6 Å². The minimum absolute atomic E-state index is 0.0511. The number of aliphatic hydroxyl groups is 1. The van der Waals surface area contributed by atoms with Crippen LogP contribution in [0.4, 0.5) is 0 Å². The number of nitrogens with one attached hydrogen (secondary N) is 1. The average molecular weight is 552 g/mol. The largest absolute Gasteiger partial charge is 0.541 e. The van der Waals surface area contributed by atoms with Gasteiger partial charge in [-0.05, 0) is 76.6 Å². The van der Waals surface area contributed by atoms with Gasteiger partial charge >= 0.3 is 0 Å². The smallest absolute Gasteiger partial charge is 0.250 e. The molecule has 5 nitrogen and oxygen atoms in total. The highest BCUT2D eigenvalue weighted by molar-refractivity contribution is 14.1. The van der Waals surface area contributed by atoms with Crippen molar-refractivity contribution in [1.29, 1.82) is 0 Å². The number of hydrogen-bond acceptors (Lipinski definition) is 4. The predicted molar refractivity (Wildman–Crippen MR) is 134 cm³/mol. The molecule has 0 aromatic heterocycles. The first-order valence-electron chi connectivity index (χ1n) is 9.99. The van der Waals surface area contributed by atoms with Crippen LogP contribution in [0.15, 0.2) is 12.1 Å². The van der Waals surface area contributed by atoms with Gasteiger partial charge in [-0.3, -0.25) is 4.79 Å². The highest BCUT2D eigenvalue weighted by Gasteiger charge is 2.42. The molecule has 0 saturated heterocycles. The van der Waals surface area contributed by atoms with Crippen LogP contribution < -0.4 is 14.2 Å². The SMILES string of the molecule is CC(C)(C)[Si](C)(C)Oc1cc(I)c(CNC(=O)CO)cc1O[Si](C)(C)C(C)(C)C. The van der Waals surface area contributed by atoms with Gasteiger partial charge < -0.3 is 19.3 Å². The zero-order valence-electron chi connectivity index (χ0n) is 19.6. The lowest BCUT2D eigenvalue weighted by Crippen LogP contribution is -2.45. The second-order valence-electron chi connectivity index (χ2n) is 10.5. The van der Waals surface area contributed by atoms with Crippen molar-refractivity contribution < 1.29 is 18.8 Å². The van der Waals surface area contributed by atoms with E-state index >= 15 is 0 Å². The quantitative estimate of drug-likeness (QED) is 0.339. The molecule has 0 atom stereocenters. The summed E-state index contributed by atoms with van der Waals surface area (Å²) in [5, 5.41) is 11.8. The Kier molecular flexibility index (Phi) is 8.46. The Morgan fingerprint density at radius 3 is 1.76 bits per heavy atom. The summed E-state index contributed by atoms with van der Waals surface area (Å²) in [6, 6.07) is 4.01. The molecule has 1 rings (SSSR count). The molecule has 0 spiro atoms. The average Bonchev–Trinajstić information content (AvgIpc) is 2.53. The van der Waals surface area contributed by atoms with Crippen molar-refractivity contribution >= 4 is 45.1 Å². The van der Waals surface area contributed by atoms with Gasteiger partial charge in [-0.25, -0.2) is 0 Å². The summed E-state index contributed by atoms with van der Waals surface area (Å²) in [7, 11) is -4.14. The van der Waals surface area contributed by atoms with Crippen molar-refractivity contribution in [2.24, 2.45) is 0 Å². The Hall–Kier alpha value is -0.586. The van der Waals surface area contributed by atoms with Crippen molar-refractivity contribution in [3.63, 3.8) is 0 Å². The third-order valence-corrected chi connectivity index (χ3v) is 15.8. The monoisotopic (exact) mass is 551 g/mol. The molecule has 0 unspecified atom stereocenters. The summed E-state index contributed by atoms with van der Waals surface area (Å²) in [5.74, 6) is 1.13. The minimum Gasteiger partial charge on any atom is -0.541 e. The van der Waals surface area contributed by atoms with Gasteiger partial charge in [0, 0.05) is 10.1 Å². The van der Waals surface area contributed by atoms with Crippen LogP contribution >= 0.6 is 22.6 Å². The Labute approximate surface area is 192 Å². The standard InChI is InChI=1S/C21H38INO4Si2/c1-20(2,3)28(7,8)26-17-11-15(13-23-19(25)14-24)16(22)12-18(17)27-29(9,10)21(4,5)6/h11-12,24H,13-14H2,1-10H3,(H,23,25). The first-order valence-corrected chi connectivity index (χ1v) is 16.9. The van der Waals surface area contributed by atoms with E-state index in [1.165, 1.54) is 0 Å². The molecule has 0 aliphatic heterocycles. The molecule has 0 radical (unpaired) electrons. The topological polar surface area (TPSA) is 67.8 Å². The van der Waals surface area contributed by atoms with Gasteiger partial charge in [-0.1, -0.05) is 41.5 Å². The molecule has 0 fully saturated rings. The Bertz CT molecular complexity index is 737. The molecule has 1 aromatic carbocycles. The summed E-state index contributed by atoms with van der Waals surface area (Å²) >= 11 is 2.26. The molecule has 1 amide bonds. The van der Waals surface area contributed by atoms with E-state index in [1.807, 2.05) is 12.1 Å². The van der Waals surface area contributed by atoms with E-state index in [1.54, 1.807) is 0 Å². The summed E-state index contributed by atoms with van der Waals surface area (Å²) in [4.78, 5) is 11.5. The predicted octanol–water partition coefficient (Wildman–Crippen LogP) is 5.67. The third kappa shape index (κ3) is 6.97. The Morgan fingerprint density at radius 1 is 0.966 bits per heavy atom. The normalized spacial score (nSPS) is 13.2. The van der Waals surface area contributed by atoms with Crippen LogP contribution in [-0.2, 0) is 11.3 Å². The van der Waals surface area contributed by atoms with E-state index in [-0.39, 0.29) is 10.1 Å². The van der Waals surface area contributed by atoms with Crippen LogP contribution in [0.3, 0.4) is 0 Å². The molecule has 0 bridgehead atoms. The Morgan fingerprint density at radius 2 is 1.38 bits per heavy atom. The van der Waals surface area contributed by atoms with E-state index in [4.69, 9.17) is 14.0 Å². The number of hydrogen-bond donors (Lipinski definition) is 2. The lowest BCUT2D eigenvalue weighted by atomic mass is 10.2. The lowest BCUT2D eigenvalue weighted by molar-refractivity contribution is -0.123. The van der Waals surface area contributed by atoms with Crippen molar-refractivity contribution in [3.05, 3.63) is 21.3 Å². The highest BCUT2D eigenvalue weighted by atomic mass is 127. The summed E-state index contributed by atoms with van der Waals surface area (Å²) in [6.45, 7) is 22.0. The van der Waals surface area contributed by atoms with Gasteiger partial charge in [0.15, 0.2) is 0 Å². The van der Waals surface area contributed by atoms with Crippen LogP contribution in [0, 0.1) is 3.57 Å². The Balaban J connectivity index is 3.42. The van der Waals surface area contributed by atoms with Gasteiger partial charge in [0.25, 0.3) is 16.6 Å². The third-order valence-electron chi connectivity index (χ3n) is 6.07. The molecule has 166 valence electrons. The number of aliphatic hydroxyl groups excluding tert-OH is 1. The molecule has 2 N–H and O–H groups in total. The molecule has 29 heavy (non-hydrogen) atoms. The van der Waals surface area contributed by atoms with Gasteiger partial charge in [-0.15, -0.1) is 0 Å². The second kappa shape index (κ2) is 9.27. The molecule has 0 aliphatic rings. The van der Waals surface area contributed by atoms with Gasteiger partial charge in [0.2, 0.25) is 5.91 Å². The molecule has 0 aliphatic carbocycles. The summed E-state index contributed by atoms with van der Waals surface area (Å²) in [6.07, 6.45) is 0. The van der Waals surface area contributed by atoms with Gasteiger partial charge in [0.1, 0.15) is 18.1 Å². The zero-order valence-corrected chi connectivity index (χ0v) is 23.8. The maximum Gasteiger partial charge on any atom is 0.250 e. The fourth-order valence-electron chi connectivity index (χ4n) is 1.98. The molecule has 1 aromatic rings. The van der Waals surface area contributed by atoms with Gasteiger partial charge in [-0.2, -0.15) is 0 Å².